The molecule has 0 amide bonds. The van der Waals surface area contributed by atoms with Gasteiger partial charge >= 0.3 is 0 Å². The van der Waals surface area contributed by atoms with Crippen molar-refractivity contribution < 1.29 is 14.2 Å². The fourth-order valence-electron chi connectivity index (χ4n) is 1.84. The molecule has 0 unspecified atom stereocenters. The van der Waals surface area contributed by atoms with Crippen LogP contribution in [-0.4, -0.2) is 20.3 Å². The molecule has 1 atom stereocenters. The normalized spacial score (nSPS) is 17.6. The van der Waals surface area contributed by atoms with Gasteiger partial charge in [0.2, 0.25) is 0 Å². The molecule has 0 fully saturated rings. The van der Waals surface area contributed by atoms with E-state index in [1.54, 1.807) is 14.2 Å². The zero-order valence-electron chi connectivity index (χ0n) is 9.87. The number of fused-ring (bicyclic) bond motifs is 1. The third-order valence-electron chi connectivity index (χ3n) is 2.79. The first-order valence-corrected chi connectivity index (χ1v) is 5.22. The zero-order valence-corrected chi connectivity index (χ0v) is 9.87. The van der Waals surface area contributed by atoms with Crippen molar-refractivity contribution in [2.45, 2.75) is 19.4 Å². The summed E-state index contributed by atoms with van der Waals surface area (Å²) in [5.74, 6) is 2.31. The quantitative estimate of drug-likeness (QED) is 0.733. The Morgan fingerprint density at radius 1 is 1.31 bits per heavy atom. The average molecular weight is 220 g/mol. The summed E-state index contributed by atoms with van der Waals surface area (Å²) in [4.78, 5) is 0. The Kier molecular flexibility index (Phi) is 2.77. The van der Waals surface area contributed by atoms with Crippen LogP contribution in [0.2, 0.25) is 0 Å². The molecule has 1 aromatic carbocycles. The molecule has 86 valence electrons. The molecule has 3 nitrogen and oxygen atoms in total. The Morgan fingerprint density at radius 2 is 1.94 bits per heavy atom. The van der Waals surface area contributed by atoms with Crippen LogP contribution in [0.15, 0.2) is 24.3 Å². The fraction of sp³-hybridized carbons (Fsp3) is 0.385. The molecule has 0 saturated heterocycles. The van der Waals surface area contributed by atoms with Crippen LogP contribution >= 0.6 is 0 Å². The fourth-order valence-corrected chi connectivity index (χ4v) is 1.84. The highest BCUT2D eigenvalue weighted by Gasteiger charge is 2.25. The lowest BCUT2D eigenvalue weighted by Gasteiger charge is -2.10. The van der Waals surface area contributed by atoms with Crippen LogP contribution in [0.5, 0.6) is 17.2 Å². The maximum atomic E-state index is 5.78. The van der Waals surface area contributed by atoms with Gasteiger partial charge in [0, 0.05) is 18.1 Å². The smallest absolute Gasteiger partial charge is 0.164 e. The van der Waals surface area contributed by atoms with Gasteiger partial charge < -0.3 is 14.2 Å². The molecule has 0 N–H and O–H groups in total. The van der Waals surface area contributed by atoms with E-state index in [4.69, 9.17) is 14.2 Å². The number of hydrogen-bond donors (Lipinski definition) is 0. The van der Waals surface area contributed by atoms with Crippen molar-refractivity contribution in [3.05, 3.63) is 29.8 Å². The van der Waals surface area contributed by atoms with Gasteiger partial charge in [-0.25, -0.2) is 0 Å². The van der Waals surface area contributed by atoms with Gasteiger partial charge in [-0.1, -0.05) is 6.58 Å². The number of ether oxygens (including phenoxy) is 3. The molecule has 2 rings (SSSR count). The average Bonchev–Trinajstić information content (AvgIpc) is 2.69. The zero-order chi connectivity index (χ0) is 11.7. The van der Waals surface area contributed by atoms with Crippen molar-refractivity contribution in [1.29, 1.82) is 0 Å². The van der Waals surface area contributed by atoms with E-state index in [1.807, 2.05) is 19.1 Å². The first-order valence-electron chi connectivity index (χ1n) is 5.22. The summed E-state index contributed by atoms with van der Waals surface area (Å²) in [7, 11) is 3.26. The molecule has 1 aliphatic rings. The Bertz CT molecular complexity index is 390. The lowest BCUT2D eigenvalue weighted by molar-refractivity contribution is 0.269. The van der Waals surface area contributed by atoms with Crippen molar-refractivity contribution in [1.82, 2.24) is 0 Å². The summed E-state index contributed by atoms with van der Waals surface area (Å²) in [6, 6.07) is 3.84. The molecule has 1 aromatic rings. The number of benzene rings is 1. The molecule has 0 bridgehead atoms. The maximum absolute atomic E-state index is 5.78. The van der Waals surface area contributed by atoms with Crippen LogP contribution in [0.3, 0.4) is 0 Å². The second-order valence-corrected chi connectivity index (χ2v) is 3.97. The van der Waals surface area contributed by atoms with Gasteiger partial charge in [0.15, 0.2) is 11.5 Å². The van der Waals surface area contributed by atoms with E-state index in [9.17, 15) is 0 Å². The standard InChI is InChI=1S/C13H16O3/c1-8(2)10-5-9-6-12(14-3)13(15-4)7-11(9)16-10/h6-7,10H,1,5H2,2-4H3/t10-/m0/s1. The van der Waals surface area contributed by atoms with E-state index in [0.29, 0.717) is 5.75 Å². The first-order chi connectivity index (χ1) is 7.65. The molecule has 16 heavy (non-hydrogen) atoms. The molecule has 0 radical (unpaired) electrons. The molecule has 0 saturated carbocycles. The summed E-state index contributed by atoms with van der Waals surface area (Å²) in [5, 5.41) is 0. The van der Waals surface area contributed by atoms with E-state index >= 15 is 0 Å². The summed E-state index contributed by atoms with van der Waals surface area (Å²) in [6.45, 7) is 5.90. The van der Waals surface area contributed by atoms with Crippen LogP contribution in [0.25, 0.3) is 0 Å². The Balaban J connectivity index is 2.36. The van der Waals surface area contributed by atoms with Crippen molar-refractivity contribution >= 4 is 0 Å². The first kappa shape index (κ1) is 10.9. The predicted octanol–water partition coefficient (Wildman–Crippen LogP) is 2.58. The van der Waals surface area contributed by atoms with Gasteiger partial charge in [-0.3, -0.25) is 0 Å². The predicted molar refractivity (Wildman–Crippen MR) is 62.5 cm³/mol. The molecule has 1 heterocycles. The van der Waals surface area contributed by atoms with E-state index in [0.717, 1.165) is 29.1 Å². The van der Waals surface area contributed by atoms with E-state index in [1.165, 1.54) is 0 Å². The number of methoxy groups -OCH3 is 2. The van der Waals surface area contributed by atoms with E-state index in [-0.39, 0.29) is 6.10 Å². The van der Waals surface area contributed by atoms with Crippen molar-refractivity contribution in [2.24, 2.45) is 0 Å². The van der Waals surface area contributed by atoms with Crippen molar-refractivity contribution in [2.75, 3.05) is 14.2 Å². The SMILES string of the molecule is C=C(C)[C@@H]1Cc2cc(OC)c(OC)cc2O1. The monoisotopic (exact) mass is 220 g/mol. The minimum Gasteiger partial charge on any atom is -0.493 e. The minimum atomic E-state index is 0.0758. The molecule has 0 aliphatic carbocycles. The largest absolute Gasteiger partial charge is 0.493 e. The van der Waals surface area contributed by atoms with Crippen molar-refractivity contribution in [3.63, 3.8) is 0 Å². The van der Waals surface area contributed by atoms with Crippen LogP contribution in [0, 0.1) is 0 Å². The maximum Gasteiger partial charge on any atom is 0.164 e. The molecule has 3 heteroatoms. The highest BCUT2D eigenvalue weighted by molar-refractivity contribution is 5.53. The van der Waals surface area contributed by atoms with Crippen LogP contribution in [0.4, 0.5) is 0 Å². The third kappa shape index (κ3) is 1.73. The highest BCUT2D eigenvalue weighted by atomic mass is 16.5. The Labute approximate surface area is 95.6 Å². The lowest BCUT2D eigenvalue weighted by atomic mass is 10.1. The van der Waals surface area contributed by atoms with Crippen LogP contribution in [0.1, 0.15) is 12.5 Å². The van der Waals surface area contributed by atoms with Gasteiger partial charge in [-0.2, -0.15) is 0 Å². The lowest BCUT2D eigenvalue weighted by Crippen LogP contribution is -2.13. The van der Waals surface area contributed by atoms with Gasteiger partial charge in [0.05, 0.1) is 14.2 Å². The molecular weight excluding hydrogens is 204 g/mol. The van der Waals surface area contributed by atoms with Gasteiger partial charge in [-0.05, 0) is 18.6 Å². The molecular formula is C13H16O3. The minimum absolute atomic E-state index is 0.0758. The second-order valence-electron chi connectivity index (χ2n) is 3.97. The van der Waals surface area contributed by atoms with E-state index < -0.39 is 0 Å². The number of hydrogen-bond acceptors (Lipinski definition) is 3. The molecule has 0 aromatic heterocycles. The summed E-state index contributed by atoms with van der Waals surface area (Å²) < 4.78 is 16.3. The summed E-state index contributed by atoms with van der Waals surface area (Å²) in [6.07, 6.45) is 0.928. The molecule has 0 spiro atoms. The Hall–Kier alpha value is -1.64. The van der Waals surface area contributed by atoms with Crippen LogP contribution in [-0.2, 0) is 6.42 Å². The van der Waals surface area contributed by atoms with Crippen LogP contribution < -0.4 is 14.2 Å². The van der Waals surface area contributed by atoms with Gasteiger partial charge in [-0.15, -0.1) is 0 Å². The van der Waals surface area contributed by atoms with Crippen molar-refractivity contribution in [3.8, 4) is 17.2 Å². The number of rotatable bonds is 3. The van der Waals surface area contributed by atoms with Gasteiger partial charge in [0.25, 0.3) is 0 Å². The van der Waals surface area contributed by atoms with Gasteiger partial charge in [0.1, 0.15) is 11.9 Å². The highest BCUT2D eigenvalue weighted by Crippen LogP contribution is 2.39. The molecule has 1 aliphatic heterocycles. The summed E-state index contributed by atoms with van der Waals surface area (Å²) in [5.41, 5.74) is 2.18. The second kappa shape index (κ2) is 4.08. The topological polar surface area (TPSA) is 27.7 Å². The summed E-state index contributed by atoms with van der Waals surface area (Å²) >= 11 is 0. The van der Waals surface area contributed by atoms with E-state index in [2.05, 4.69) is 6.58 Å². The third-order valence-corrected chi connectivity index (χ3v) is 2.79. The Morgan fingerprint density at radius 3 is 2.50 bits per heavy atom.